The van der Waals surface area contributed by atoms with E-state index in [-0.39, 0.29) is 24.4 Å². The number of hydrogen-bond donors (Lipinski definition) is 1. The van der Waals surface area contributed by atoms with Crippen LogP contribution < -0.4 is 5.32 Å². The van der Waals surface area contributed by atoms with Gasteiger partial charge in [0.05, 0.1) is 5.92 Å². The molecule has 1 saturated carbocycles. The van der Waals surface area contributed by atoms with Crippen molar-refractivity contribution in [3.05, 3.63) is 35.9 Å². The molecule has 0 bridgehead atoms. The average molecular weight is 247 g/mol. The van der Waals surface area contributed by atoms with Gasteiger partial charge < -0.3 is 10.1 Å². The van der Waals surface area contributed by atoms with Crippen molar-refractivity contribution in [2.75, 3.05) is 6.61 Å². The van der Waals surface area contributed by atoms with Gasteiger partial charge in [-0.05, 0) is 17.9 Å². The largest absolute Gasteiger partial charge is 0.455 e. The van der Waals surface area contributed by atoms with Gasteiger partial charge in [-0.3, -0.25) is 9.59 Å². The summed E-state index contributed by atoms with van der Waals surface area (Å²) >= 11 is 0. The Balaban J connectivity index is 1.65. The van der Waals surface area contributed by atoms with Gasteiger partial charge >= 0.3 is 5.97 Å². The topological polar surface area (TPSA) is 55.4 Å². The molecule has 1 fully saturated rings. The predicted octanol–water partition coefficient (Wildman–Crippen LogP) is 1.50. The molecular formula is C14H17NO3. The molecule has 18 heavy (non-hydrogen) atoms. The van der Waals surface area contributed by atoms with Gasteiger partial charge in [0.1, 0.15) is 0 Å². The van der Waals surface area contributed by atoms with Crippen LogP contribution in [0.5, 0.6) is 0 Å². The van der Waals surface area contributed by atoms with Crippen LogP contribution in [0.2, 0.25) is 0 Å². The lowest BCUT2D eigenvalue weighted by molar-refractivity contribution is -0.150. The smallest absolute Gasteiger partial charge is 0.309 e. The van der Waals surface area contributed by atoms with Crippen molar-refractivity contribution in [3.8, 4) is 0 Å². The highest BCUT2D eigenvalue weighted by Crippen LogP contribution is 2.38. The lowest BCUT2D eigenvalue weighted by atomic mass is 10.2. The van der Waals surface area contributed by atoms with Crippen LogP contribution in [0, 0.1) is 11.8 Å². The number of nitrogens with one attached hydrogen (secondary N) is 1. The summed E-state index contributed by atoms with van der Waals surface area (Å²) in [4.78, 5) is 22.8. The zero-order valence-electron chi connectivity index (χ0n) is 10.4. The summed E-state index contributed by atoms with van der Waals surface area (Å²) in [6, 6.07) is 9.60. The van der Waals surface area contributed by atoms with Crippen molar-refractivity contribution in [1.29, 1.82) is 0 Å². The number of esters is 1. The molecule has 1 amide bonds. The van der Waals surface area contributed by atoms with E-state index in [2.05, 4.69) is 5.32 Å². The SMILES string of the molecule is C[C@H]1C[C@H]1C(=O)OCC(=O)NCc1ccccc1. The molecule has 2 rings (SSSR count). The van der Waals surface area contributed by atoms with Crippen LogP contribution in [0.3, 0.4) is 0 Å². The molecule has 0 unspecified atom stereocenters. The molecular weight excluding hydrogens is 230 g/mol. The Morgan fingerprint density at radius 3 is 2.61 bits per heavy atom. The van der Waals surface area contributed by atoms with Crippen LogP contribution in [0.1, 0.15) is 18.9 Å². The second kappa shape index (κ2) is 5.67. The molecule has 0 radical (unpaired) electrons. The van der Waals surface area contributed by atoms with E-state index in [0.29, 0.717) is 12.5 Å². The monoisotopic (exact) mass is 247 g/mol. The Hall–Kier alpha value is -1.84. The van der Waals surface area contributed by atoms with E-state index < -0.39 is 0 Å². The van der Waals surface area contributed by atoms with Crippen molar-refractivity contribution in [2.45, 2.75) is 19.9 Å². The third-order valence-corrected chi connectivity index (χ3v) is 3.09. The molecule has 1 aromatic carbocycles. The molecule has 0 aromatic heterocycles. The fourth-order valence-corrected chi connectivity index (χ4v) is 1.74. The number of carbonyl (C=O) groups is 2. The zero-order chi connectivity index (χ0) is 13.0. The second-order valence-electron chi connectivity index (χ2n) is 4.69. The van der Waals surface area contributed by atoms with Gasteiger partial charge in [-0.25, -0.2) is 0 Å². The van der Waals surface area contributed by atoms with E-state index >= 15 is 0 Å². The summed E-state index contributed by atoms with van der Waals surface area (Å²) in [6.45, 7) is 2.27. The number of ether oxygens (including phenoxy) is 1. The molecule has 0 heterocycles. The lowest BCUT2D eigenvalue weighted by Crippen LogP contribution is -2.28. The van der Waals surface area contributed by atoms with Gasteiger partial charge in [0, 0.05) is 6.54 Å². The van der Waals surface area contributed by atoms with E-state index in [9.17, 15) is 9.59 Å². The van der Waals surface area contributed by atoms with Gasteiger partial charge in [0.25, 0.3) is 5.91 Å². The molecule has 0 aliphatic heterocycles. The first-order valence-electron chi connectivity index (χ1n) is 6.14. The molecule has 1 aliphatic carbocycles. The summed E-state index contributed by atoms with van der Waals surface area (Å²) < 4.78 is 4.94. The normalized spacial score (nSPS) is 21.2. The Morgan fingerprint density at radius 1 is 1.33 bits per heavy atom. The maximum absolute atomic E-state index is 11.5. The third-order valence-electron chi connectivity index (χ3n) is 3.09. The molecule has 1 N–H and O–H groups in total. The van der Waals surface area contributed by atoms with Crippen molar-refractivity contribution in [3.63, 3.8) is 0 Å². The standard InChI is InChI=1S/C14H17NO3/c1-10-7-12(10)14(17)18-9-13(16)15-8-11-5-3-2-4-6-11/h2-6,10,12H,7-9H2,1H3,(H,15,16)/t10-,12+/m0/s1. The molecule has 1 aromatic rings. The van der Waals surface area contributed by atoms with Gasteiger partial charge in [0.15, 0.2) is 6.61 Å². The molecule has 4 nitrogen and oxygen atoms in total. The van der Waals surface area contributed by atoms with Gasteiger partial charge in [-0.2, -0.15) is 0 Å². The number of benzene rings is 1. The number of amides is 1. The van der Waals surface area contributed by atoms with Crippen LogP contribution in [0.15, 0.2) is 30.3 Å². The minimum Gasteiger partial charge on any atom is -0.455 e. The minimum atomic E-state index is -0.263. The van der Waals surface area contributed by atoms with E-state index in [4.69, 9.17) is 4.74 Å². The fraction of sp³-hybridized carbons (Fsp3) is 0.429. The molecule has 96 valence electrons. The average Bonchev–Trinajstić information content (AvgIpc) is 3.12. The summed E-state index contributed by atoms with van der Waals surface area (Å²) in [6.07, 6.45) is 0.879. The highest BCUT2D eigenvalue weighted by atomic mass is 16.5. The maximum Gasteiger partial charge on any atom is 0.309 e. The second-order valence-corrected chi connectivity index (χ2v) is 4.69. The predicted molar refractivity (Wildman–Crippen MR) is 66.5 cm³/mol. The molecule has 4 heteroatoms. The Kier molecular flexibility index (Phi) is 3.97. The molecule has 1 aliphatic rings. The van der Waals surface area contributed by atoms with Gasteiger partial charge in [-0.15, -0.1) is 0 Å². The van der Waals surface area contributed by atoms with E-state index in [1.165, 1.54) is 0 Å². The minimum absolute atomic E-state index is 0.00641. The van der Waals surface area contributed by atoms with Crippen molar-refractivity contribution in [1.82, 2.24) is 5.32 Å². The van der Waals surface area contributed by atoms with Gasteiger partial charge in [0.2, 0.25) is 0 Å². The first kappa shape index (κ1) is 12.6. The first-order valence-corrected chi connectivity index (χ1v) is 6.14. The first-order chi connectivity index (χ1) is 8.66. The van der Waals surface area contributed by atoms with E-state index in [1.54, 1.807) is 0 Å². The van der Waals surface area contributed by atoms with Crippen LogP contribution in [-0.4, -0.2) is 18.5 Å². The van der Waals surface area contributed by atoms with Crippen LogP contribution in [0.4, 0.5) is 0 Å². The Bertz CT molecular complexity index is 430. The summed E-state index contributed by atoms with van der Waals surface area (Å²) in [5, 5.41) is 2.71. The van der Waals surface area contributed by atoms with Gasteiger partial charge in [-0.1, -0.05) is 37.3 Å². The highest BCUT2D eigenvalue weighted by Gasteiger charge is 2.40. The van der Waals surface area contributed by atoms with Crippen LogP contribution in [-0.2, 0) is 20.9 Å². The molecule has 0 saturated heterocycles. The molecule has 0 spiro atoms. The molecule has 2 atom stereocenters. The summed E-state index contributed by atoms with van der Waals surface area (Å²) in [7, 11) is 0. The highest BCUT2D eigenvalue weighted by molar-refractivity contribution is 5.82. The van der Waals surface area contributed by atoms with E-state index in [0.717, 1.165) is 12.0 Å². The maximum atomic E-state index is 11.5. The summed E-state index contributed by atoms with van der Waals surface area (Å²) in [5.74, 6) is -0.102. The third kappa shape index (κ3) is 3.58. The summed E-state index contributed by atoms with van der Waals surface area (Å²) in [5.41, 5.74) is 1.02. The number of rotatable bonds is 5. The van der Waals surface area contributed by atoms with Crippen molar-refractivity contribution >= 4 is 11.9 Å². The van der Waals surface area contributed by atoms with Crippen LogP contribution >= 0.6 is 0 Å². The van der Waals surface area contributed by atoms with Crippen LogP contribution in [0.25, 0.3) is 0 Å². The van der Waals surface area contributed by atoms with Crippen molar-refractivity contribution in [2.24, 2.45) is 11.8 Å². The van der Waals surface area contributed by atoms with Crippen molar-refractivity contribution < 1.29 is 14.3 Å². The Morgan fingerprint density at radius 2 is 2.00 bits per heavy atom. The quantitative estimate of drug-likeness (QED) is 0.802. The van der Waals surface area contributed by atoms with E-state index in [1.807, 2.05) is 37.3 Å². The number of hydrogen-bond acceptors (Lipinski definition) is 3. The zero-order valence-corrected chi connectivity index (χ0v) is 10.4. The lowest BCUT2D eigenvalue weighted by Gasteiger charge is -2.06. The Labute approximate surface area is 106 Å². The number of carbonyl (C=O) groups excluding carboxylic acids is 2. The fourth-order valence-electron chi connectivity index (χ4n) is 1.74.